The molecule has 1 rings (SSSR count). The second-order valence-corrected chi connectivity index (χ2v) is 4.81. The van der Waals surface area contributed by atoms with Gasteiger partial charge in [-0.15, -0.1) is 0 Å². The summed E-state index contributed by atoms with van der Waals surface area (Å²) in [6.45, 7) is 0. The molecule has 60 valence electrons. The maximum absolute atomic E-state index is 9.77. The monoisotopic (exact) mass is 374 g/mol. The van der Waals surface area contributed by atoms with E-state index in [1.807, 2.05) is 30.3 Å². The molecule has 0 spiro atoms. The lowest BCUT2D eigenvalue weighted by atomic mass is 10.1. The smallest absolute Gasteiger partial charge is 0.149 e. The van der Waals surface area contributed by atoms with Crippen molar-refractivity contribution in [2.45, 2.75) is 3.61 Å². The van der Waals surface area contributed by atoms with E-state index in [0.29, 0.717) is 4.43 Å². The van der Waals surface area contributed by atoms with E-state index in [-0.39, 0.29) is 0 Å². The summed E-state index contributed by atoms with van der Waals surface area (Å²) < 4.78 is -0.00505. The first-order chi connectivity index (χ1) is 5.17. The molecule has 0 aliphatic rings. The summed E-state index contributed by atoms with van der Waals surface area (Å²) in [4.78, 5) is 0. The predicted octanol–water partition coefficient (Wildman–Crippen LogP) is 2.70. The Morgan fingerprint density at radius 1 is 1.27 bits per heavy atom. The van der Waals surface area contributed by atoms with Gasteiger partial charge in [-0.3, -0.25) is 0 Å². The zero-order valence-electron chi connectivity index (χ0n) is 5.80. The van der Waals surface area contributed by atoms with Crippen LogP contribution in [-0.4, -0.2) is 9.53 Å². The Labute approximate surface area is 93.5 Å². The van der Waals surface area contributed by atoms with Gasteiger partial charge in [-0.25, -0.2) is 0 Å². The predicted molar refractivity (Wildman–Crippen MR) is 63.2 cm³/mol. The molecule has 0 aliphatic heterocycles. The van der Waals surface area contributed by atoms with Crippen molar-refractivity contribution in [2.24, 2.45) is 0 Å². The van der Waals surface area contributed by atoms with Gasteiger partial charge >= 0.3 is 0 Å². The van der Waals surface area contributed by atoms with Crippen LogP contribution >= 0.6 is 45.2 Å². The van der Waals surface area contributed by atoms with E-state index < -0.39 is 3.61 Å². The van der Waals surface area contributed by atoms with E-state index in [1.54, 1.807) is 0 Å². The van der Waals surface area contributed by atoms with E-state index in [2.05, 4.69) is 45.2 Å². The van der Waals surface area contributed by atoms with E-state index in [1.165, 1.54) is 0 Å². The van der Waals surface area contributed by atoms with E-state index in [9.17, 15) is 5.11 Å². The summed E-state index contributed by atoms with van der Waals surface area (Å²) in [7, 11) is 0. The van der Waals surface area contributed by atoms with Crippen molar-refractivity contribution < 1.29 is 5.11 Å². The van der Waals surface area contributed by atoms with Gasteiger partial charge in [0, 0.05) is 4.43 Å². The molecular weight excluding hydrogens is 366 g/mol. The van der Waals surface area contributed by atoms with Crippen LogP contribution in [0.1, 0.15) is 5.56 Å². The maximum Gasteiger partial charge on any atom is 0.149 e. The van der Waals surface area contributed by atoms with Crippen molar-refractivity contribution in [3.8, 4) is 0 Å². The number of aliphatic hydroxyl groups is 1. The molecule has 0 radical (unpaired) electrons. The Hall–Kier alpha value is 0.640. The van der Waals surface area contributed by atoms with Crippen LogP contribution in [0.4, 0.5) is 0 Å². The average Bonchev–Trinajstić information content (AvgIpc) is 2.06. The Kier molecular flexibility index (Phi) is 3.57. The number of hydrogen-bond donors (Lipinski definition) is 1. The van der Waals surface area contributed by atoms with Crippen molar-refractivity contribution in [1.82, 2.24) is 0 Å². The normalized spacial score (nSPS) is 15.9. The Morgan fingerprint density at radius 2 is 1.82 bits per heavy atom. The second-order valence-electron chi connectivity index (χ2n) is 2.26. The zero-order valence-corrected chi connectivity index (χ0v) is 10.1. The lowest BCUT2D eigenvalue weighted by Gasteiger charge is -2.18. The second kappa shape index (κ2) is 4.04. The SMILES string of the molecule is OC(I)(CI)c1ccccc1. The minimum atomic E-state index is -0.709. The molecule has 0 saturated carbocycles. The van der Waals surface area contributed by atoms with E-state index in [4.69, 9.17) is 0 Å². The molecule has 0 fully saturated rings. The molecule has 1 unspecified atom stereocenters. The van der Waals surface area contributed by atoms with Gasteiger partial charge in [0.2, 0.25) is 0 Å². The molecular formula is C8H8I2O. The van der Waals surface area contributed by atoms with Crippen molar-refractivity contribution in [1.29, 1.82) is 0 Å². The van der Waals surface area contributed by atoms with Crippen LogP contribution in [-0.2, 0) is 3.61 Å². The Bertz CT molecular complexity index is 221. The van der Waals surface area contributed by atoms with Crippen LogP contribution in [0.5, 0.6) is 0 Å². The highest BCUT2D eigenvalue weighted by Crippen LogP contribution is 2.30. The third-order valence-corrected chi connectivity index (χ3v) is 4.96. The zero-order chi connectivity index (χ0) is 8.32. The molecule has 1 atom stereocenters. The molecule has 1 aromatic rings. The van der Waals surface area contributed by atoms with Gasteiger partial charge in [0.15, 0.2) is 0 Å². The van der Waals surface area contributed by atoms with Crippen molar-refractivity contribution >= 4 is 45.2 Å². The third-order valence-electron chi connectivity index (χ3n) is 1.39. The van der Waals surface area contributed by atoms with Crippen LogP contribution < -0.4 is 0 Å². The van der Waals surface area contributed by atoms with Crippen molar-refractivity contribution in [3.05, 3.63) is 35.9 Å². The number of halogens is 2. The fraction of sp³-hybridized carbons (Fsp3) is 0.250. The molecule has 0 aliphatic carbocycles. The minimum Gasteiger partial charge on any atom is -0.375 e. The lowest BCUT2D eigenvalue weighted by molar-refractivity contribution is 0.187. The summed E-state index contributed by atoms with van der Waals surface area (Å²) in [6.07, 6.45) is 0. The number of alkyl halides is 2. The van der Waals surface area contributed by atoms with E-state index in [0.717, 1.165) is 5.56 Å². The summed E-state index contributed by atoms with van der Waals surface area (Å²) in [5, 5.41) is 9.77. The lowest BCUT2D eigenvalue weighted by Crippen LogP contribution is -2.17. The Balaban J connectivity index is 2.93. The topological polar surface area (TPSA) is 20.2 Å². The molecule has 0 heterocycles. The third kappa shape index (κ3) is 2.55. The molecule has 3 heteroatoms. The van der Waals surface area contributed by atoms with Crippen molar-refractivity contribution in [3.63, 3.8) is 0 Å². The van der Waals surface area contributed by atoms with Crippen LogP contribution in [0.15, 0.2) is 30.3 Å². The van der Waals surface area contributed by atoms with Crippen molar-refractivity contribution in [2.75, 3.05) is 4.43 Å². The summed E-state index contributed by atoms with van der Waals surface area (Å²) in [5.74, 6) is 0. The first-order valence-electron chi connectivity index (χ1n) is 3.19. The van der Waals surface area contributed by atoms with Gasteiger partial charge in [0.05, 0.1) is 0 Å². The van der Waals surface area contributed by atoms with Gasteiger partial charge < -0.3 is 5.11 Å². The fourth-order valence-corrected chi connectivity index (χ4v) is 1.57. The quantitative estimate of drug-likeness (QED) is 0.624. The molecule has 0 aromatic heterocycles. The highest BCUT2D eigenvalue weighted by Gasteiger charge is 2.22. The molecule has 1 N–H and O–H groups in total. The van der Waals surface area contributed by atoms with Gasteiger partial charge in [-0.1, -0.05) is 52.9 Å². The van der Waals surface area contributed by atoms with Crippen LogP contribution in [0, 0.1) is 0 Å². The van der Waals surface area contributed by atoms with Crippen LogP contribution in [0.25, 0.3) is 0 Å². The minimum absolute atomic E-state index is 0.704. The highest BCUT2D eigenvalue weighted by molar-refractivity contribution is 14.1. The molecule has 11 heavy (non-hydrogen) atoms. The Morgan fingerprint density at radius 3 is 2.27 bits per heavy atom. The molecule has 0 amide bonds. The highest BCUT2D eigenvalue weighted by atomic mass is 127. The summed E-state index contributed by atoms with van der Waals surface area (Å²) in [5.41, 5.74) is 0.968. The summed E-state index contributed by atoms with van der Waals surface area (Å²) >= 11 is 4.23. The molecule has 1 aromatic carbocycles. The van der Waals surface area contributed by atoms with Gasteiger partial charge in [-0.05, 0) is 28.2 Å². The first kappa shape index (κ1) is 9.73. The van der Waals surface area contributed by atoms with Gasteiger partial charge in [0.1, 0.15) is 3.61 Å². The fourth-order valence-electron chi connectivity index (χ4n) is 0.771. The standard InChI is InChI=1S/C8H8I2O/c9-6-8(10,11)7-4-2-1-3-5-7/h1-5,11H,6H2. The first-order valence-corrected chi connectivity index (χ1v) is 5.80. The van der Waals surface area contributed by atoms with Gasteiger partial charge in [-0.2, -0.15) is 0 Å². The molecule has 0 bridgehead atoms. The van der Waals surface area contributed by atoms with Crippen LogP contribution in [0.3, 0.4) is 0 Å². The average molecular weight is 374 g/mol. The number of hydrogen-bond acceptors (Lipinski definition) is 1. The molecule has 1 nitrogen and oxygen atoms in total. The van der Waals surface area contributed by atoms with E-state index >= 15 is 0 Å². The van der Waals surface area contributed by atoms with Crippen LogP contribution in [0.2, 0.25) is 0 Å². The largest absolute Gasteiger partial charge is 0.375 e. The number of rotatable bonds is 2. The number of benzene rings is 1. The van der Waals surface area contributed by atoms with Gasteiger partial charge in [0.25, 0.3) is 0 Å². The maximum atomic E-state index is 9.77. The molecule has 0 saturated heterocycles. The summed E-state index contributed by atoms with van der Waals surface area (Å²) in [6, 6.07) is 9.69.